The van der Waals surface area contributed by atoms with E-state index in [2.05, 4.69) is 10.0 Å². The molecule has 0 aliphatic heterocycles. The van der Waals surface area contributed by atoms with Crippen molar-refractivity contribution in [2.75, 3.05) is 17.9 Å². The molecule has 0 atom stereocenters. The number of nitrogens with one attached hydrogen (secondary N) is 2. The largest absolute Gasteiger partial charge is 0.494 e. The van der Waals surface area contributed by atoms with Crippen molar-refractivity contribution in [3.63, 3.8) is 0 Å². The minimum Gasteiger partial charge on any atom is -0.494 e. The molecule has 0 saturated heterocycles. The van der Waals surface area contributed by atoms with Crippen LogP contribution in [0, 0.1) is 0 Å². The highest BCUT2D eigenvalue weighted by molar-refractivity contribution is 7.92. The minimum atomic E-state index is -3.96. The molecule has 0 aromatic heterocycles. The van der Waals surface area contributed by atoms with Crippen LogP contribution in [-0.2, 0) is 26.1 Å². The van der Waals surface area contributed by atoms with Crippen molar-refractivity contribution in [3.8, 4) is 5.75 Å². The van der Waals surface area contributed by atoms with Gasteiger partial charge >= 0.3 is 5.97 Å². The maximum Gasteiger partial charge on any atom is 0.340 e. The van der Waals surface area contributed by atoms with Crippen molar-refractivity contribution < 1.29 is 27.5 Å². The number of hydrogen-bond acceptors (Lipinski definition) is 6. The third-order valence-electron chi connectivity index (χ3n) is 4.50. The number of para-hydroxylation sites is 1. The number of carbonyl (C=O) groups is 2. The Labute approximate surface area is 192 Å². The van der Waals surface area contributed by atoms with Gasteiger partial charge in [0.2, 0.25) is 0 Å². The van der Waals surface area contributed by atoms with Crippen LogP contribution in [0.4, 0.5) is 5.69 Å². The fourth-order valence-electron chi connectivity index (χ4n) is 2.89. The van der Waals surface area contributed by atoms with Crippen LogP contribution < -0.4 is 14.8 Å². The van der Waals surface area contributed by atoms with E-state index >= 15 is 0 Å². The van der Waals surface area contributed by atoms with Crippen molar-refractivity contribution in [1.29, 1.82) is 0 Å². The smallest absolute Gasteiger partial charge is 0.340 e. The number of anilines is 1. The molecule has 3 aromatic carbocycles. The molecule has 172 valence electrons. The standard InChI is InChI=1S/C24H24N2O6S/c1-2-31-19-12-14-20(15-13-19)33(29,30)26-22-11-7-6-10-21(22)24(28)32-17-23(27)25-16-18-8-4-3-5-9-18/h3-15,26H,2,16-17H2,1H3,(H,25,27). The predicted octanol–water partition coefficient (Wildman–Crippen LogP) is 3.36. The summed E-state index contributed by atoms with van der Waals surface area (Å²) in [6.45, 7) is 2.10. The first kappa shape index (κ1) is 23.8. The van der Waals surface area contributed by atoms with Gasteiger partial charge < -0.3 is 14.8 Å². The zero-order chi connectivity index (χ0) is 23.7. The van der Waals surface area contributed by atoms with Gasteiger partial charge in [0.05, 0.1) is 22.8 Å². The summed E-state index contributed by atoms with van der Waals surface area (Å²) in [5.41, 5.74) is 0.940. The maximum atomic E-state index is 12.8. The van der Waals surface area contributed by atoms with Gasteiger partial charge in [0.25, 0.3) is 15.9 Å². The lowest BCUT2D eigenvalue weighted by Gasteiger charge is -2.13. The Bertz CT molecular complexity index is 1200. The van der Waals surface area contributed by atoms with Crippen LogP contribution >= 0.6 is 0 Å². The number of carbonyl (C=O) groups excluding carboxylic acids is 2. The van der Waals surface area contributed by atoms with Gasteiger partial charge in [-0.05, 0) is 48.9 Å². The number of sulfonamides is 1. The van der Waals surface area contributed by atoms with Gasteiger partial charge in [0.1, 0.15) is 5.75 Å². The third-order valence-corrected chi connectivity index (χ3v) is 5.88. The molecule has 0 aliphatic rings. The highest BCUT2D eigenvalue weighted by Crippen LogP contribution is 2.22. The maximum absolute atomic E-state index is 12.8. The number of ether oxygens (including phenoxy) is 2. The third kappa shape index (κ3) is 6.81. The molecule has 0 bridgehead atoms. The Morgan fingerprint density at radius 2 is 1.55 bits per heavy atom. The van der Waals surface area contributed by atoms with Crippen LogP contribution in [0.5, 0.6) is 5.75 Å². The van der Waals surface area contributed by atoms with Gasteiger partial charge in [0.15, 0.2) is 6.61 Å². The molecule has 3 aromatic rings. The van der Waals surface area contributed by atoms with E-state index in [4.69, 9.17) is 9.47 Å². The molecule has 0 unspecified atom stereocenters. The first-order chi connectivity index (χ1) is 15.9. The number of esters is 1. The number of hydrogen-bond donors (Lipinski definition) is 2. The zero-order valence-electron chi connectivity index (χ0n) is 18.0. The van der Waals surface area contributed by atoms with Gasteiger partial charge in [-0.2, -0.15) is 0 Å². The van der Waals surface area contributed by atoms with E-state index in [9.17, 15) is 18.0 Å². The summed E-state index contributed by atoms with van der Waals surface area (Å²) in [6, 6.07) is 21.2. The molecule has 0 saturated carbocycles. The van der Waals surface area contributed by atoms with E-state index < -0.39 is 28.5 Å². The van der Waals surface area contributed by atoms with E-state index in [0.717, 1.165) is 5.56 Å². The van der Waals surface area contributed by atoms with Gasteiger partial charge in [-0.3, -0.25) is 9.52 Å². The topological polar surface area (TPSA) is 111 Å². The fourth-order valence-corrected chi connectivity index (χ4v) is 3.97. The number of benzene rings is 3. The average molecular weight is 469 g/mol. The molecule has 2 N–H and O–H groups in total. The Hall–Kier alpha value is -3.85. The van der Waals surface area contributed by atoms with Crippen molar-refractivity contribution >= 4 is 27.6 Å². The molecular weight excluding hydrogens is 444 g/mol. The first-order valence-electron chi connectivity index (χ1n) is 10.2. The summed E-state index contributed by atoms with van der Waals surface area (Å²) in [6.07, 6.45) is 0. The summed E-state index contributed by atoms with van der Waals surface area (Å²) in [4.78, 5) is 24.6. The van der Waals surface area contributed by atoms with E-state index in [0.29, 0.717) is 18.9 Å². The van der Waals surface area contributed by atoms with Crippen molar-refractivity contribution in [2.24, 2.45) is 0 Å². The summed E-state index contributed by atoms with van der Waals surface area (Å²) in [5, 5.41) is 2.66. The summed E-state index contributed by atoms with van der Waals surface area (Å²) >= 11 is 0. The van der Waals surface area contributed by atoms with E-state index in [1.165, 1.54) is 24.3 Å². The fraction of sp³-hybridized carbons (Fsp3) is 0.167. The molecule has 0 spiro atoms. The van der Waals surface area contributed by atoms with Crippen LogP contribution in [-0.4, -0.2) is 33.5 Å². The van der Waals surface area contributed by atoms with Crippen molar-refractivity contribution in [2.45, 2.75) is 18.4 Å². The lowest BCUT2D eigenvalue weighted by atomic mass is 10.2. The monoisotopic (exact) mass is 468 g/mol. The quantitative estimate of drug-likeness (QED) is 0.442. The first-order valence-corrected chi connectivity index (χ1v) is 11.7. The molecule has 8 nitrogen and oxygen atoms in total. The minimum absolute atomic E-state index is 0.00872. The Kier molecular flexibility index (Phi) is 8.04. The number of amides is 1. The van der Waals surface area contributed by atoms with Gasteiger partial charge in [-0.25, -0.2) is 13.2 Å². The second-order valence-electron chi connectivity index (χ2n) is 6.89. The van der Waals surface area contributed by atoms with E-state index in [1.807, 2.05) is 37.3 Å². The van der Waals surface area contributed by atoms with Gasteiger partial charge in [-0.15, -0.1) is 0 Å². The summed E-state index contributed by atoms with van der Waals surface area (Å²) in [7, 11) is -3.96. The molecule has 9 heteroatoms. The Balaban J connectivity index is 1.63. The molecular formula is C24H24N2O6S. The lowest BCUT2D eigenvalue weighted by Crippen LogP contribution is -2.28. The van der Waals surface area contributed by atoms with Crippen LogP contribution in [0.25, 0.3) is 0 Å². The molecule has 1 amide bonds. The lowest BCUT2D eigenvalue weighted by molar-refractivity contribution is -0.124. The van der Waals surface area contributed by atoms with Crippen LogP contribution in [0.2, 0.25) is 0 Å². The van der Waals surface area contributed by atoms with Crippen LogP contribution in [0.3, 0.4) is 0 Å². The van der Waals surface area contributed by atoms with E-state index in [1.54, 1.807) is 24.3 Å². The van der Waals surface area contributed by atoms with E-state index in [-0.39, 0.29) is 16.1 Å². The molecule has 33 heavy (non-hydrogen) atoms. The van der Waals surface area contributed by atoms with Crippen LogP contribution in [0.15, 0.2) is 83.8 Å². The zero-order valence-corrected chi connectivity index (χ0v) is 18.8. The SMILES string of the molecule is CCOc1ccc(S(=O)(=O)Nc2ccccc2C(=O)OCC(=O)NCc2ccccc2)cc1. The molecule has 0 heterocycles. The molecule has 3 rings (SSSR count). The highest BCUT2D eigenvalue weighted by Gasteiger charge is 2.20. The molecule has 0 fully saturated rings. The Morgan fingerprint density at radius 3 is 2.24 bits per heavy atom. The highest BCUT2D eigenvalue weighted by atomic mass is 32.2. The van der Waals surface area contributed by atoms with Crippen molar-refractivity contribution in [1.82, 2.24) is 5.32 Å². The number of rotatable bonds is 10. The summed E-state index contributed by atoms with van der Waals surface area (Å²) < 4.78 is 38.3. The second-order valence-corrected chi connectivity index (χ2v) is 8.58. The van der Waals surface area contributed by atoms with Crippen molar-refractivity contribution in [3.05, 3.63) is 90.0 Å². The second kappa shape index (κ2) is 11.1. The molecule has 0 radical (unpaired) electrons. The average Bonchev–Trinajstić information content (AvgIpc) is 2.82. The van der Waals surface area contributed by atoms with Gasteiger partial charge in [-0.1, -0.05) is 42.5 Å². The normalized spacial score (nSPS) is 10.8. The van der Waals surface area contributed by atoms with Crippen LogP contribution in [0.1, 0.15) is 22.8 Å². The van der Waals surface area contributed by atoms with Gasteiger partial charge in [0, 0.05) is 6.54 Å². The Morgan fingerprint density at radius 1 is 0.879 bits per heavy atom. The summed E-state index contributed by atoms with van der Waals surface area (Å²) in [5.74, 6) is -0.750. The molecule has 0 aliphatic carbocycles. The predicted molar refractivity (Wildman–Crippen MR) is 123 cm³/mol.